The minimum absolute atomic E-state index is 0.0345. The maximum atomic E-state index is 12.3. The molecular formula is C12H17NO3S2. The van der Waals surface area contributed by atoms with E-state index in [9.17, 15) is 8.42 Å². The molecule has 0 bridgehead atoms. The van der Waals surface area contributed by atoms with Gasteiger partial charge in [0.15, 0.2) is 0 Å². The monoisotopic (exact) mass is 287 g/mol. The van der Waals surface area contributed by atoms with Crippen LogP contribution in [0.1, 0.15) is 26.2 Å². The van der Waals surface area contributed by atoms with E-state index >= 15 is 0 Å². The Bertz CT molecular complexity index is 522. The topological polar surface area (TPSA) is 55.4 Å². The number of hydrogen-bond donors (Lipinski definition) is 1. The molecule has 1 aromatic rings. The van der Waals surface area contributed by atoms with Gasteiger partial charge in [0.05, 0.1) is 11.6 Å². The van der Waals surface area contributed by atoms with Gasteiger partial charge in [0, 0.05) is 6.61 Å². The van der Waals surface area contributed by atoms with Crippen LogP contribution >= 0.6 is 11.3 Å². The van der Waals surface area contributed by atoms with Gasteiger partial charge in [0.1, 0.15) is 4.21 Å². The minimum atomic E-state index is -3.41. The van der Waals surface area contributed by atoms with E-state index in [1.165, 1.54) is 11.3 Å². The summed E-state index contributed by atoms with van der Waals surface area (Å²) in [6.07, 6.45) is 3.09. The molecule has 2 fully saturated rings. The van der Waals surface area contributed by atoms with Gasteiger partial charge in [-0.05, 0) is 43.6 Å². The van der Waals surface area contributed by atoms with Crippen molar-refractivity contribution in [3.63, 3.8) is 0 Å². The highest BCUT2D eigenvalue weighted by atomic mass is 32.2. The van der Waals surface area contributed by atoms with Crippen molar-refractivity contribution in [1.82, 2.24) is 4.72 Å². The fraction of sp³-hybridized carbons (Fsp3) is 0.667. The second-order valence-corrected chi connectivity index (χ2v) is 8.19. The van der Waals surface area contributed by atoms with E-state index in [1.807, 2.05) is 6.92 Å². The Morgan fingerprint density at radius 1 is 1.50 bits per heavy atom. The Morgan fingerprint density at radius 3 is 2.89 bits per heavy atom. The number of thiophene rings is 1. The first-order valence-electron chi connectivity index (χ1n) is 6.20. The standard InChI is InChI=1S/C12H17NO3S2/c1-12(6-7-16-11(12)9-4-5-9)13-18(14,15)10-3-2-8-17-10/h2-3,8-9,11,13H,4-7H2,1H3/t11-,12-/m0/s1. The van der Waals surface area contributed by atoms with E-state index in [0.717, 1.165) is 19.3 Å². The van der Waals surface area contributed by atoms with Crippen molar-refractivity contribution in [3.05, 3.63) is 17.5 Å². The van der Waals surface area contributed by atoms with Crippen molar-refractivity contribution in [2.24, 2.45) is 5.92 Å². The van der Waals surface area contributed by atoms with Gasteiger partial charge in [-0.2, -0.15) is 0 Å². The predicted molar refractivity (Wildman–Crippen MR) is 70.1 cm³/mol. The normalized spacial score (nSPS) is 32.8. The first-order valence-corrected chi connectivity index (χ1v) is 8.57. The zero-order valence-corrected chi connectivity index (χ0v) is 11.9. The first-order chi connectivity index (χ1) is 8.51. The van der Waals surface area contributed by atoms with E-state index in [4.69, 9.17) is 4.74 Å². The van der Waals surface area contributed by atoms with Gasteiger partial charge in [0.25, 0.3) is 10.0 Å². The molecular weight excluding hydrogens is 270 g/mol. The molecule has 0 radical (unpaired) electrons. The summed E-state index contributed by atoms with van der Waals surface area (Å²) in [6, 6.07) is 3.39. The minimum Gasteiger partial charge on any atom is -0.376 e. The molecule has 6 heteroatoms. The summed E-state index contributed by atoms with van der Waals surface area (Å²) in [4.78, 5) is 0. The van der Waals surface area contributed by atoms with Crippen LogP contribution in [0, 0.1) is 5.92 Å². The number of ether oxygens (including phenoxy) is 1. The number of sulfonamides is 1. The van der Waals surface area contributed by atoms with Crippen LogP contribution in [0.4, 0.5) is 0 Å². The highest BCUT2D eigenvalue weighted by Crippen LogP contribution is 2.43. The Kier molecular flexibility index (Phi) is 3.01. The summed E-state index contributed by atoms with van der Waals surface area (Å²) in [5, 5.41) is 1.78. The van der Waals surface area contributed by atoms with Crippen molar-refractivity contribution >= 4 is 21.4 Å². The Hall–Kier alpha value is -0.430. The van der Waals surface area contributed by atoms with Crippen molar-refractivity contribution in [2.45, 2.75) is 42.0 Å². The second kappa shape index (κ2) is 4.30. The largest absolute Gasteiger partial charge is 0.376 e. The summed E-state index contributed by atoms with van der Waals surface area (Å²) in [7, 11) is -3.41. The summed E-state index contributed by atoms with van der Waals surface area (Å²) in [5.74, 6) is 0.531. The van der Waals surface area contributed by atoms with Crippen LogP contribution < -0.4 is 4.72 Å². The molecule has 1 aromatic heterocycles. The Labute approximate surface area is 111 Å². The van der Waals surface area contributed by atoms with Gasteiger partial charge in [-0.1, -0.05) is 6.07 Å². The molecule has 100 valence electrons. The molecule has 18 heavy (non-hydrogen) atoms. The molecule has 0 amide bonds. The second-order valence-electron chi connectivity index (χ2n) is 5.33. The van der Waals surface area contributed by atoms with Crippen LogP contribution in [0.2, 0.25) is 0 Å². The Morgan fingerprint density at radius 2 is 2.28 bits per heavy atom. The third-order valence-corrected chi connectivity index (χ3v) is 6.73. The summed E-state index contributed by atoms with van der Waals surface area (Å²) >= 11 is 1.25. The van der Waals surface area contributed by atoms with E-state index < -0.39 is 15.6 Å². The molecule has 1 aliphatic carbocycles. The van der Waals surface area contributed by atoms with E-state index in [-0.39, 0.29) is 6.10 Å². The van der Waals surface area contributed by atoms with Crippen molar-refractivity contribution in [2.75, 3.05) is 6.61 Å². The highest BCUT2D eigenvalue weighted by molar-refractivity contribution is 7.91. The van der Waals surface area contributed by atoms with Crippen molar-refractivity contribution in [1.29, 1.82) is 0 Å². The molecule has 3 rings (SSSR count). The van der Waals surface area contributed by atoms with Crippen molar-refractivity contribution in [3.8, 4) is 0 Å². The van der Waals surface area contributed by atoms with E-state index in [1.54, 1.807) is 17.5 Å². The van der Waals surface area contributed by atoms with Gasteiger partial charge in [-0.25, -0.2) is 13.1 Å². The average Bonchev–Trinajstić information content (AvgIpc) is 2.83. The fourth-order valence-corrected chi connectivity index (χ4v) is 5.10. The lowest BCUT2D eigenvalue weighted by atomic mass is 9.92. The van der Waals surface area contributed by atoms with Crippen LogP contribution in [-0.2, 0) is 14.8 Å². The molecule has 1 aliphatic heterocycles. The molecule has 4 nitrogen and oxygen atoms in total. The van der Waals surface area contributed by atoms with E-state index in [0.29, 0.717) is 16.7 Å². The van der Waals surface area contributed by atoms with Gasteiger partial charge in [-0.3, -0.25) is 0 Å². The average molecular weight is 287 g/mol. The van der Waals surface area contributed by atoms with Crippen LogP contribution in [0.5, 0.6) is 0 Å². The van der Waals surface area contributed by atoms with Gasteiger partial charge < -0.3 is 4.74 Å². The summed E-state index contributed by atoms with van der Waals surface area (Å²) in [5.41, 5.74) is -0.454. The number of rotatable bonds is 4. The van der Waals surface area contributed by atoms with Crippen LogP contribution in [0.3, 0.4) is 0 Å². The third kappa shape index (κ3) is 2.22. The van der Waals surface area contributed by atoms with Gasteiger partial charge in [0.2, 0.25) is 0 Å². The lowest BCUT2D eigenvalue weighted by Crippen LogP contribution is -2.52. The molecule has 0 unspecified atom stereocenters. The number of nitrogens with one attached hydrogen (secondary N) is 1. The maximum absolute atomic E-state index is 12.3. The van der Waals surface area contributed by atoms with Crippen LogP contribution in [-0.4, -0.2) is 26.7 Å². The molecule has 2 heterocycles. The third-order valence-electron chi connectivity index (χ3n) is 3.72. The van der Waals surface area contributed by atoms with E-state index in [2.05, 4.69) is 4.72 Å². The predicted octanol–water partition coefficient (Wildman–Crippen LogP) is 1.98. The molecule has 1 N–H and O–H groups in total. The summed E-state index contributed by atoms with van der Waals surface area (Å²) in [6.45, 7) is 2.61. The van der Waals surface area contributed by atoms with Gasteiger partial charge >= 0.3 is 0 Å². The molecule has 0 aromatic carbocycles. The first kappa shape index (κ1) is 12.6. The zero-order valence-electron chi connectivity index (χ0n) is 10.3. The zero-order chi connectivity index (χ0) is 12.8. The SMILES string of the molecule is C[C@]1(NS(=O)(=O)c2cccs2)CCO[C@H]1C1CC1. The fourth-order valence-electron chi connectivity index (χ4n) is 2.66. The number of hydrogen-bond acceptors (Lipinski definition) is 4. The lowest BCUT2D eigenvalue weighted by molar-refractivity contribution is 0.0629. The highest BCUT2D eigenvalue weighted by Gasteiger charge is 2.50. The molecule has 2 atom stereocenters. The quantitative estimate of drug-likeness (QED) is 0.921. The summed E-state index contributed by atoms with van der Waals surface area (Å²) < 4.78 is 33.5. The lowest BCUT2D eigenvalue weighted by Gasteiger charge is -2.30. The molecule has 0 spiro atoms. The van der Waals surface area contributed by atoms with Crippen molar-refractivity contribution < 1.29 is 13.2 Å². The molecule has 2 aliphatic rings. The van der Waals surface area contributed by atoms with Crippen LogP contribution in [0.25, 0.3) is 0 Å². The molecule has 1 saturated carbocycles. The maximum Gasteiger partial charge on any atom is 0.250 e. The molecule has 1 saturated heterocycles. The Balaban J connectivity index is 1.83. The van der Waals surface area contributed by atoms with Gasteiger partial charge in [-0.15, -0.1) is 11.3 Å². The smallest absolute Gasteiger partial charge is 0.250 e. The van der Waals surface area contributed by atoms with Crippen LogP contribution in [0.15, 0.2) is 21.7 Å².